The van der Waals surface area contributed by atoms with Crippen molar-refractivity contribution in [1.29, 1.82) is 0 Å². The third-order valence-corrected chi connectivity index (χ3v) is 3.72. The number of pyridine rings is 1. The molecular weight excluding hydrogens is 274 g/mol. The van der Waals surface area contributed by atoms with E-state index in [2.05, 4.69) is 36.0 Å². The fraction of sp³-hybridized carbons (Fsp3) is 0.333. The molecule has 2 rings (SSSR count). The van der Waals surface area contributed by atoms with Gasteiger partial charge in [0.15, 0.2) is 0 Å². The standard InChI is InChI=1S/C18H23N3O/c1-4-14-8-7-9-15(12-14)18(22)20-17-11-10-16(13-19-17)21(5-2)6-3/h7-13H,4-6H2,1-3H3,(H,19,20,22). The molecule has 2 aromatic rings. The van der Waals surface area contributed by atoms with Crippen molar-refractivity contribution in [3.8, 4) is 0 Å². The highest BCUT2D eigenvalue weighted by molar-refractivity contribution is 6.03. The van der Waals surface area contributed by atoms with Crippen LogP contribution in [0.2, 0.25) is 0 Å². The summed E-state index contributed by atoms with van der Waals surface area (Å²) in [5, 5.41) is 2.84. The molecule has 0 unspecified atom stereocenters. The molecule has 4 heteroatoms. The highest BCUT2D eigenvalue weighted by Gasteiger charge is 2.08. The third-order valence-electron chi connectivity index (χ3n) is 3.72. The van der Waals surface area contributed by atoms with Crippen LogP contribution in [-0.4, -0.2) is 24.0 Å². The molecular formula is C18H23N3O. The molecule has 1 amide bonds. The van der Waals surface area contributed by atoms with E-state index in [4.69, 9.17) is 0 Å². The number of benzene rings is 1. The maximum Gasteiger partial charge on any atom is 0.256 e. The summed E-state index contributed by atoms with van der Waals surface area (Å²) in [7, 11) is 0. The van der Waals surface area contributed by atoms with E-state index in [1.54, 1.807) is 6.20 Å². The molecule has 1 heterocycles. The third kappa shape index (κ3) is 3.85. The average molecular weight is 297 g/mol. The Labute approximate surface area is 132 Å². The van der Waals surface area contributed by atoms with Crippen molar-refractivity contribution in [2.75, 3.05) is 23.3 Å². The van der Waals surface area contributed by atoms with Crippen molar-refractivity contribution >= 4 is 17.4 Å². The number of nitrogens with one attached hydrogen (secondary N) is 1. The van der Waals surface area contributed by atoms with Crippen LogP contribution in [0.15, 0.2) is 42.6 Å². The van der Waals surface area contributed by atoms with Gasteiger partial charge in [-0.3, -0.25) is 4.79 Å². The molecule has 0 bridgehead atoms. The van der Waals surface area contributed by atoms with Crippen LogP contribution >= 0.6 is 0 Å². The zero-order valence-electron chi connectivity index (χ0n) is 13.5. The number of rotatable bonds is 6. The number of carbonyl (C=O) groups is 1. The number of amides is 1. The van der Waals surface area contributed by atoms with Crippen molar-refractivity contribution in [3.05, 3.63) is 53.7 Å². The fourth-order valence-corrected chi connectivity index (χ4v) is 2.36. The Morgan fingerprint density at radius 2 is 1.91 bits per heavy atom. The predicted octanol–water partition coefficient (Wildman–Crippen LogP) is 3.74. The zero-order chi connectivity index (χ0) is 15.9. The number of hydrogen-bond donors (Lipinski definition) is 1. The van der Waals surface area contributed by atoms with Gasteiger partial charge in [0.2, 0.25) is 0 Å². The molecule has 0 fully saturated rings. The molecule has 0 aliphatic heterocycles. The summed E-state index contributed by atoms with van der Waals surface area (Å²) in [4.78, 5) is 18.8. The van der Waals surface area contributed by atoms with Crippen molar-refractivity contribution in [3.63, 3.8) is 0 Å². The topological polar surface area (TPSA) is 45.2 Å². The largest absolute Gasteiger partial charge is 0.371 e. The highest BCUT2D eigenvalue weighted by atomic mass is 16.1. The van der Waals surface area contributed by atoms with Crippen LogP contribution < -0.4 is 10.2 Å². The van der Waals surface area contributed by atoms with E-state index in [1.165, 1.54) is 0 Å². The van der Waals surface area contributed by atoms with Gasteiger partial charge in [-0.2, -0.15) is 0 Å². The number of aryl methyl sites for hydroxylation is 1. The fourth-order valence-electron chi connectivity index (χ4n) is 2.36. The summed E-state index contributed by atoms with van der Waals surface area (Å²) in [5.41, 5.74) is 2.88. The monoisotopic (exact) mass is 297 g/mol. The van der Waals surface area contributed by atoms with Gasteiger partial charge in [-0.25, -0.2) is 4.98 Å². The predicted molar refractivity (Wildman–Crippen MR) is 91.6 cm³/mol. The quantitative estimate of drug-likeness (QED) is 0.883. The lowest BCUT2D eigenvalue weighted by atomic mass is 10.1. The Morgan fingerprint density at radius 1 is 1.14 bits per heavy atom. The van der Waals surface area contributed by atoms with E-state index in [1.807, 2.05) is 36.4 Å². The summed E-state index contributed by atoms with van der Waals surface area (Å²) >= 11 is 0. The molecule has 0 spiro atoms. The van der Waals surface area contributed by atoms with Crippen molar-refractivity contribution < 1.29 is 4.79 Å². The molecule has 0 saturated carbocycles. The van der Waals surface area contributed by atoms with Crippen LogP contribution in [0.1, 0.15) is 36.7 Å². The van der Waals surface area contributed by atoms with E-state index in [0.29, 0.717) is 11.4 Å². The lowest BCUT2D eigenvalue weighted by Gasteiger charge is -2.20. The molecule has 1 aromatic carbocycles. The lowest BCUT2D eigenvalue weighted by molar-refractivity contribution is 0.102. The van der Waals surface area contributed by atoms with E-state index in [-0.39, 0.29) is 5.91 Å². The first-order valence-corrected chi connectivity index (χ1v) is 7.79. The van der Waals surface area contributed by atoms with Crippen molar-refractivity contribution in [1.82, 2.24) is 4.98 Å². The Bertz CT molecular complexity index is 618. The molecule has 0 atom stereocenters. The van der Waals surface area contributed by atoms with Crippen LogP contribution in [-0.2, 0) is 6.42 Å². The number of nitrogens with zero attached hydrogens (tertiary/aromatic N) is 2. The molecule has 4 nitrogen and oxygen atoms in total. The summed E-state index contributed by atoms with van der Waals surface area (Å²) in [6.07, 6.45) is 2.71. The Hall–Kier alpha value is -2.36. The number of carbonyl (C=O) groups excluding carboxylic acids is 1. The first-order chi connectivity index (χ1) is 10.7. The van der Waals surface area contributed by atoms with Crippen LogP contribution in [0.3, 0.4) is 0 Å². The highest BCUT2D eigenvalue weighted by Crippen LogP contribution is 2.15. The Kier molecular flexibility index (Phi) is 5.53. The minimum Gasteiger partial charge on any atom is -0.371 e. The van der Waals surface area contributed by atoms with Gasteiger partial charge in [-0.15, -0.1) is 0 Å². The number of aromatic nitrogens is 1. The zero-order valence-corrected chi connectivity index (χ0v) is 13.5. The molecule has 22 heavy (non-hydrogen) atoms. The second-order valence-electron chi connectivity index (χ2n) is 5.08. The Balaban J connectivity index is 2.08. The van der Waals surface area contributed by atoms with Crippen LogP contribution in [0.5, 0.6) is 0 Å². The summed E-state index contributed by atoms with van der Waals surface area (Å²) < 4.78 is 0. The summed E-state index contributed by atoms with van der Waals surface area (Å²) in [6.45, 7) is 8.17. The van der Waals surface area contributed by atoms with Crippen LogP contribution in [0, 0.1) is 0 Å². The van der Waals surface area contributed by atoms with Crippen molar-refractivity contribution in [2.45, 2.75) is 27.2 Å². The summed E-state index contributed by atoms with van der Waals surface area (Å²) in [5.74, 6) is 0.446. The molecule has 0 radical (unpaired) electrons. The first-order valence-electron chi connectivity index (χ1n) is 7.79. The molecule has 116 valence electrons. The van der Waals surface area contributed by atoms with Gasteiger partial charge >= 0.3 is 0 Å². The molecule has 1 N–H and O–H groups in total. The number of anilines is 2. The van der Waals surface area contributed by atoms with Gasteiger partial charge in [0.05, 0.1) is 11.9 Å². The maximum absolute atomic E-state index is 12.3. The molecule has 1 aromatic heterocycles. The van der Waals surface area contributed by atoms with Crippen LogP contribution in [0.4, 0.5) is 11.5 Å². The Morgan fingerprint density at radius 3 is 2.50 bits per heavy atom. The van der Waals surface area contributed by atoms with Crippen LogP contribution in [0.25, 0.3) is 0 Å². The van der Waals surface area contributed by atoms with Gasteiger partial charge in [-0.1, -0.05) is 19.1 Å². The minimum atomic E-state index is -0.126. The van der Waals surface area contributed by atoms with E-state index in [0.717, 1.165) is 30.8 Å². The maximum atomic E-state index is 12.3. The molecule has 0 saturated heterocycles. The van der Waals surface area contributed by atoms with Gasteiger partial charge in [0, 0.05) is 18.7 Å². The first kappa shape index (κ1) is 16.0. The van der Waals surface area contributed by atoms with Gasteiger partial charge in [0.25, 0.3) is 5.91 Å². The minimum absolute atomic E-state index is 0.126. The average Bonchev–Trinajstić information content (AvgIpc) is 2.57. The number of hydrogen-bond acceptors (Lipinski definition) is 3. The van der Waals surface area contributed by atoms with Gasteiger partial charge in [-0.05, 0) is 50.1 Å². The van der Waals surface area contributed by atoms with Crippen molar-refractivity contribution in [2.24, 2.45) is 0 Å². The smallest absolute Gasteiger partial charge is 0.256 e. The second kappa shape index (κ2) is 7.59. The van der Waals surface area contributed by atoms with Gasteiger partial charge in [0.1, 0.15) is 5.82 Å². The van der Waals surface area contributed by atoms with E-state index >= 15 is 0 Å². The SMILES string of the molecule is CCc1cccc(C(=O)Nc2ccc(N(CC)CC)cn2)c1. The lowest BCUT2D eigenvalue weighted by Crippen LogP contribution is -2.22. The van der Waals surface area contributed by atoms with Gasteiger partial charge < -0.3 is 10.2 Å². The molecule has 0 aliphatic carbocycles. The second-order valence-corrected chi connectivity index (χ2v) is 5.08. The normalized spacial score (nSPS) is 10.3. The van der Waals surface area contributed by atoms with E-state index < -0.39 is 0 Å². The summed E-state index contributed by atoms with van der Waals surface area (Å²) in [6, 6.07) is 11.5. The van der Waals surface area contributed by atoms with E-state index in [9.17, 15) is 4.79 Å². The molecule has 0 aliphatic rings.